The Morgan fingerprint density at radius 2 is 1.78 bits per heavy atom. The summed E-state index contributed by atoms with van der Waals surface area (Å²) >= 11 is 0. The fourth-order valence-corrected chi connectivity index (χ4v) is 2.42. The number of rotatable bonds is 11. The smallest absolute Gasteiger partial charge is 0.242 e. The fraction of sp³-hybridized carbons (Fsp3) is 0.389. The zero-order valence-corrected chi connectivity index (χ0v) is 15.6. The van der Waals surface area contributed by atoms with E-state index in [9.17, 15) is 4.79 Å². The molecule has 1 amide bonds. The Bertz CT molecular complexity index is 705. The molecule has 0 fully saturated rings. The fourth-order valence-electron chi connectivity index (χ4n) is 2.42. The van der Waals surface area contributed by atoms with E-state index in [1.54, 1.807) is 14.2 Å². The first-order chi connectivity index (χ1) is 13.2. The van der Waals surface area contributed by atoms with Gasteiger partial charge in [0.15, 0.2) is 11.6 Å². The van der Waals surface area contributed by atoms with Crippen molar-refractivity contribution in [2.24, 2.45) is 0 Å². The molecule has 0 radical (unpaired) electrons. The number of hydrazine groups is 1. The van der Waals surface area contributed by atoms with Gasteiger partial charge >= 0.3 is 0 Å². The molecule has 0 aliphatic heterocycles. The summed E-state index contributed by atoms with van der Waals surface area (Å²) in [6, 6.07) is 9.46. The molecule has 9 heteroatoms. The van der Waals surface area contributed by atoms with Crippen molar-refractivity contribution < 1.29 is 14.3 Å². The first-order valence-electron chi connectivity index (χ1n) is 8.57. The lowest BCUT2D eigenvalue weighted by molar-refractivity contribution is -0.119. The minimum absolute atomic E-state index is 0.198. The predicted molar refractivity (Wildman–Crippen MR) is 104 cm³/mol. The number of aromatic nitrogens is 2. The average molecular weight is 374 g/mol. The highest BCUT2D eigenvalue weighted by Gasteiger charge is 2.15. The molecule has 1 aromatic carbocycles. The van der Waals surface area contributed by atoms with Crippen molar-refractivity contribution in [1.82, 2.24) is 15.4 Å². The summed E-state index contributed by atoms with van der Waals surface area (Å²) in [5.74, 6) is 0.691. The van der Waals surface area contributed by atoms with Gasteiger partial charge < -0.3 is 20.1 Å². The Hall–Kier alpha value is -2.91. The van der Waals surface area contributed by atoms with E-state index >= 15 is 0 Å². The van der Waals surface area contributed by atoms with Gasteiger partial charge in [0.25, 0.3) is 0 Å². The molecule has 4 N–H and O–H groups in total. The van der Waals surface area contributed by atoms with Crippen molar-refractivity contribution in [3.8, 4) is 0 Å². The molecule has 146 valence electrons. The number of nitrogens with one attached hydrogen (secondary N) is 2. The Kier molecular flexibility index (Phi) is 8.27. The molecule has 0 atom stereocenters. The number of nitrogen functional groups attached to an aromatic ring is 1. The molecule has 2 rings (SSSR count). The lowest BCUT2D eigenvalue weighted by Gasteiger charge is -2.25. The summed E-state index contributed by atoms with van der Waals surface area (Å²) in [5, 5.41) is 0. The first kappa shape index (κ1) is 20.4. The number of nitrogens with zero attached hydrogens (tertiary/aromatic N) is 3. The van der Waals surface area contributed by atoms with Gasteiger partial charge in [0.1, 0.15) is 12.0 Å². The number of methoxy groups -OCH3 is 2. The summed E-state index contributed by atoms with van der Waals surface area (Å²) in [6.07, 6.45) is 1.64. The van der Waals surface area contributed by atoms with Gasteiger partial charge in [0, 0.05) is 27.3 Å². The lowest BCUT2D eigenvalue weighted by Crippen LogP contribution is -2.34. The van der Waals surface area contributed by atoms with E-state index in [2.05, 4.69) is 20.8 Å². The van der Waals surface area contributed by atoms with Crippen LogP contribution >= 0.6 is 0 Å². The maximum Gasteiger partial charge on any atom is 0.242 e. The van der Waals surface area contributed by atoms with Crippen molar-refractivity contribution in [2.45, 2.75) is 6.42 Å². The molecule has 0 aliphatic carbocycles. The molecule has 1 heterocycles. The number of carbonyl (C=O) groups is 1. The summed E-state index contributed by atoms with van der Waals surface area (Å²) in [7, 11) is 3.26. The van der Waals surface area contributed by atoms with Crippen molar-refractivity contribution in [3.63, 3.8) is 0 Å². The van der Waals surface area contributed by atoms with Crippen LogP contribution in [0.3, 0.4) is 0 Å². The maximum absolute atomic E-state index is 12.1. The number of hydrogen-bond acceptors (Lipinski definition) is 8. The summed E-state index contributed by atoms with van der Waals surface area (Å²) < 4.78 is 10.3. The minimum atomic E-state index is -0.198. The molecule has 0 saturated heterocycles. The second-order valence-electron chi connectivity index (χ2n) is 5.77. The van der Waals surface area contributed by atoms with Gasteiger partial charge in [-0.25, -0.2) is 9.97 Å². The number of benzene rings is 1. The van der Waals surface area contributed by atoms with Gasteiger partial charge in [-0.2, -0.15) is 0 Å². The van der Waals surface area contributed by atoms with Gasteiger partial charge in [0.05, 0.1) is 19.6 Å². The number of carbonyl (C=O) groups excluding carboxylic acids is 1. The summed E-state index contributed by atoms with van der Waals surface area (Å²) in [6.45, 7) is 2.23. The van der Waals surface area contributed by atoms with Gasteiger partial charge in [0.2, 0.25) is 5.91 Å². The monoisotopic (exact) mass is 374 g/mol. The third-order valence-electron chi connectivity index (χ3n) is 3.82. The van der Waals surface area contributed by atoms with E-state index in [0.29, 0.717) is 43.6 Å². The van der Waals surface area contributed by atoms with Crippen LogP contribution < -0.4 is 21.5 Å². The van der Waals surface area contributed by atoms with Crippen molar-refractivity contribution in [2.75, 3.05) is 56.6 Å². The first-order valence-corrected chi connectivity index (χ1v) is 8.57. The van der Waals surface area contributed by atoms with Gasteiger partial charge in [-0.15, -0.1) is 0 Å². The molecular weight excluding hydrogens is 348 g/mol. The number of ether oxygens (including phenoxy) is 2. The Morgan fingerprint density at radius 3 is 2.41 bits per heavy atom. The Morgan fingerprint density at radius 1 is 1.11 bits per heavy atom. The molecule has 27 heavy (non-hydrogen) atoms. The van der Waals surface area contributed by atoms with Crippen molar-refractivity contribution in [1.29, 1.82) is 0 Å². The molecule has 0 bridgehead atoms. The number of hydrogen-bond donors (Lipinski definition) is 3. The molecule has 1 aromatic heterocycles. The van der Waals surface area contributed by atoms with Crippen LogP contribution in [-0.4, -0.2) is 56.4 Å². The van der Waals surface area contributed by atoms with Crippen molar-refractivity contribution in [3.05, 3.63) is 42.2 Å². The van der Waals surface area contributed by atoms with Gasteiger partial charge in [-0.1, -0.05) is 30.3 Å². The van der Waals surface area contributed by atoms with Crippen LogP contribution in [0.4, 0.5) is 17.3 Å². The number of anilines is 3. The molecule has 0 saturated carbocycles. The van der Waals surface area contributed by atoms with E-state index in [0.717, 1.165) is 5.56 Å². The standard InChI is InChI=1S/C18H26N6O3/c1-26-10-8-24(9-11-27-2)18-16(19)17(20-13-21-18)23-22-15(25)12-14-6-4-3-5-7-14/h3-7,13H,8-12,19H2,1-2H3,(H,22,25)(H,20,21,23). The number of amides is 1. The highest BCUT2D eigenvalue weighted by molar-refractivity contribution is 5.82. The molecule has 0 unspecified atom stereocenters. The molecular formula is C18H26N6O3. The van der Waals surface area contributed by atoms with Gasteiger partial charge in [-0.3, -0.25) is 15.6 Å². The van der Waals surface area contributed by atoms with Crippen LogP contribution in [0.15, 0.2) is 36.7 Å². The third kappa shape index (κ3) is 6.39. The van der Waals surface area contributed by atoms with Crippen LogP contribution in [0, 0.1) is 0 Å². The molecule has 9 nitrogen and oxygen atoms in total. The molecule has 0 spiro atoms. The van der Waals surface area contributed by atoms with Crippen LogP contribution in [0.25, 0.3) is 0 Å². The quantitative estimate of drug-likeness (QED) is 0.496. The van der Waals surface area contributed by atoms with E-state index in [1.807, 2.05) is 35.2 Å². The Labute approximate surface area is 158 Å². The molecule has 0 aliphatic rings. The zero-order valence-electron chi connectivity index (χ0n) is 15.6. The van der Waals surface area contributed by atoms with Crippen LogP contribution in [0.2, 0.25) is 0 Å². The second kappa shape index (κ2) is 10.9. The zero-order chi connectivity index (χ0) is 19.5. The lowest BCUT2D eigenvalue weighted by atomic mass is 10.1. The SMILES string of the molecule is COCCN(CCOC)c1ncnc(NNC(=O)Cc2ccccc2)c1N. The highest BCUT2D eigenvalue weighted by Crippen LogP contribution is 2.25. The topological polar surface area (TPSA) is 115 Å². The van der Waals surface area contributed by atoms with E-state index < -0.39 is 0 Å². The van der Waals surface area contributed by atoms with E-state index in [-0.39, 0.29) is 12.3 Å². The minimum Gasteiger partial charge on any atom is -0.393 e. The van der Waals surface area contributed by atoms with E-state index in [4.69, 9.17) is 15.2 Å². The number of nitrogens with two attached hydrogens (primary N) is 1. The Balaban J connectivity index is 2.02. The predicted octanol–water partition coefficient (Wildman–Crippen LogP) is 0.844. The van der Waals surface area contributed by atoms with Gasteiger partial charge in [-0.05, 0) is 5.56 Å². The summed E-state index contributed by atoms with van der Waals surface area (Å²) in [5.41, 5.74) is 12.8. The highest BCUT2D eigenvalue weighted by atomic mass is 16.5. The van der Waals surface area contributed by atoms with Crippen LogP contribution in [-0.2, 0) is 20.7 Å². The normalized spacial score (nSPS) is 10.4. The largest absolute Gasteiger partial charge is 0.393 e. The van der Waals surface area contributed by atoms with Crippen LogP contribution in [0.1, 0.15) is 5.56 Å². The second-order valence-corrected chi connectivity index (χ2v) is 5.77. The maximum atomic E-state index is 12.1. The average Bonchev–Trinajstić information content (AvgIpc) is 2.68. The third-order valence-corrected chi connectivity index (χ3v) is 3.82. The van der Waals surface area contributed by atoms with Crippen molar-refractivity contribution >= 4 is 23.2 Å². The van der Waals surface area contributed by atoms with Crippen LogP contribution in [0.5, 0.6) is 0 Å². The van der Waals surface area contributed by atoms with E-state index in [1.165, 1.54) is 6.33 Å². The summed E-state index contributed by atoms with van der Waals surface area (Å²) in [4.78, 5) is 22.4. The molecule has 2 aromatic rings.